The van der Waals surface area contributed by atoms with E-state index in [1.807, 2.05) is 19.2 Å². The van der Waals surface area contributed by atoms with Crippen molar-refractivity contribution in [3.8, 4) is 6.07 Å². The second-order valence-corrected chi connectivity index (χ2v) is 8.56. The van der Waals surface area contributed by atoms with Gasteiger partial charge in [0.05, 0.1) is 12.6 Å². The number of fused-ring (bicyclic) bond motifs is 1. The van der Waals surface area contributed by atoms with E-state index in [1.54, 1.807) is 11.3 Å². The topological polar surface area (TPSA) is 57.3 Å². The van der Waals surface area contributed by atoms with Crippen LogP contribution in [0.3, 0.4) is 0 Å². The van der Waals surface area contributed by atoms with Crippen molar-refractivity contribution in [1.29, 1.82) is 5.26 Å². The summed E-state index contributed by atoms with van der Waals surface area (Å²) in [4.78, 5) is 14.9. The number of carbonyl (C=O) groups excluding carboxylic acids is 1. The molecule has 26 heavy (non-hydrogen) atoms. The van der Waals surface area contributed by atoms with Gasteiger partial charge in [0.25, 0.3) is 5.91 Å². The molecular formula is C21H26N3OS+. The summed E-state index contributed by atoms with van der Waals surface area (Å²) >= 11 is 1.59. The summed E-state index contributed by atoms with van der Waals surface area (Å²) in [5.41, 5.74) is 4.35. The van der Waals surface area contributed by atoms with Crippen molar-refractivity contribution < 1.29 is 9.69 Å². The molecule has 1 heterocycles. The molecule has 0 spiro atoms. The molecule has 4 nitrogen and oxygen atoms in total. The highest BCUT2D eigenvalue weighted by Gasteiger charge is 2.25. The number of hydrogen-bond acceptors (Lipinski definition) is 3. The van der Waals surface area contributed by atoms with Gasteiger partial charge in [-0.3, -0.25) is 4.79 Å². The Labute approximate surface area is 159 Å². The zero-order valence-corrected chi connectivity index (χ0v) is 16.5. The summed E-state index contributed by atoms with van der Waals surface area (Å²) in [7, 11) is 2.03. The maximum Gasteiger partial charge on any atom is 0.280 e. The number of quaternary nitrogens is 1. The molecular weight excluding hydrogens is 342 g/mol. The van der Waals surface area contributed by atoms with Gasteiger partial charge in [-0.15, -0.1) is 11.3 Å². The summed E-state index contributed by atoms with van der Waals surface area (Å²) in [6.45, 7) is 5.54. The normalized spacial score (nSPS) is 17.2. The molecule has 0 aliphatic heterocycles. The number of likely N-dealkylation sites (N-methyl/N-ethyl adjacent to an activating group) is 1. The Morgan fingerprint density at radius 2 is 2.19 bits per heavy atom. The molecule has 5 heteroatoms. The number of hydrogen-bond donors (Lipinski definition) is 2. The first-order valence-corrected chi connectivity index (χ1v) is 9.99. The van der Waals surface area contributed by atoms with Crippen LogP contribution in [0.15, 0.2) is 24.3 Å². The molecule has 2 N–H and O–H groups in total. The van der Waals surface area contributed by atoms with E-state index in [2.05, 4.69) is 37.4 Å². The van der Waals surface area contributed by atoms with Crippen molar-refractivity contribution in [2.45, 2.75) is 39.7 Å². The third kappa shape index (κ3) is 4.14. The molecule has 136 valence electrons. The lowest BCUT2D eigenvalue weighted by atomic mass is 9.89. The molecule has 2 aromatic rings. The van der Waals surface area contributed by atoms with Crippen LogP contribution in [0.1, 0.15) is 40.5 Å². The van der Waals surface area contributed by atoms with E-state index in [0.717, 1.165) is 41.3 Å². The Balaban J connectivity index is 1.65. The van der Waals surface area contributed by atoms with E-state index in [9.17, 15) is 10.1 Å². The average molecular weight is 369 g/mol. The number of carbonyl (C=O) groups is 1. The molecule has 0 saturated carbocycles. The number of amides is 1. The van der Waals surface area contributed by atoms with E-state index in [4.69, 9.17) is 0 Å². The number of rotatable bonds is 5. The Bertz CT molecular complexity index is 849. The van der Waals surface area contributed by atoms with Gasteiger partial charge in [0.2, 0.25) is 0 Å². The van der Waals surface area contributed by atoms with Gasteiger partial charge in [-0.05, 0) is 43.2 Å². The van der Waals surface area contributed by atoms with Crippen LogP contribution in [0.4, 0.5) is 5.00 Å². The van der Waals surface area contributed by atoms with Crippen molar-refractivity contribution in [3.63, 3.8) is 0 Å². The van der Waals surface area contributed by atoms with Crippen molar-refractivity contribution in [3.05, 3.63) is 51.4 Å². The largest absolute Gasteiger partial charge is 0.326 e. The highest BCUT2D eigenvalue weighted by Crippen LogP contribution is 2.39. The number of nitriles is 1. The summed E-state index contributed by atoms with van der Waals surface area (Å²) in [5, 5.41) is 13.3. The number of anilines is 1. The van der Waals surface area contributed by atoms with E-state index in [-0.39, 0.29) is 5.91 Å². The predicted molar refractivity (Wildman–Crippen MR) is 105 cm³/mol. The monoisotopic (exact) mass is 368 g/mol. The molecule has 1 aliphatic carbocycles. The van der Waals surface area contributed by atoms with Gasteiger partial charge in [0, 0.05) is 10.4 Å². The lowest BCUT2D eigenvalue weighted by molar-refractivity contribution is -0.885. The van der Waals surface area contributed by atoms with Crippen LogP contribution >= 0.6 is 11.3 Å². The zero-order chi connectivity index (χ0) is 18.7. The van der Waals surface area contributed by atoms with Crippen LogP contribution in [0.25, 0.3) is 0 Å². The molecule has 1 aromatic heterocycles. The van der Waals surface area contributed by atoms with Gasteiger partial charge in [0.1, 0.15) is 17.6 Å². The molecule has 2 atom stereocenters. The fourth-order valence-electron chi connectivity index (χ4n) is 3.60. The number of aryl methyl sites for hydroxylation is 1. The van der Waals surface area contributed by atoms with E-state index < -0.39 is 0 Å². The first kappa shape index (κ1) is 18.6. The molecule has 1 amide bonds. The maximum absolute atomic E-state index is 12.5. The van der Waals surface area contributed by atoms with Crippen LogP contribution in [-0.2, 0) is 24.2 Å². The minimum Gasteiger partial charge on any atom is -0.326 e. The number of benzene rings is 1. The molecule has 3 rings (SSSR count). The minimum absolute atomic E-state index is 0.0285. The number of nitrogens with zero attached hydrogens (tertiary/aromatic N) is 1. The molecule has 1 unspecified atom stereocenters. The van der Waals surface area contributed by atoms with Crippen LogP contribution < -0.4 is 10.2 Å². The Hall–Kier alpha value is -2.16. The van der Waals surface area contributed by atoms with E-state index in [1.165, 1.54) is 16.0 Å². The molecule has 0 radical (unpaired) electrons. The summed E-state index contributed by atoms with van der Waals surface area (Å²) in [6.07, 6.45) is 3.09. The van der Waals surface area contributed by atoms with Crippen LogP contribution in [0.5, 0.6) is 0 Å². The van der Waals surface area contributed by atoms with Gasteiger partial charge in [0.15, 0.2) is 6.54 Å². The summed E-state index contributed by atoms with van der Waals surface area (Å²) in [5.74, 6) is 0.625. The second kappa shape index (κ2) is 8.03. The van der Waals surface area contributed by atoms with E-state index in [0.29, 0.717) is 18.0 Å². The highest BCUT2D eigenvalue weighted by atomic mass is 32.1. The lowest BCUT2D eigenvalue weighted by Gasteiger charge is -2.17. The van der Waals surface area contributed by atoms with Crippen molar-refractivity contribution in [2.75, 3.05) is 18.9 Å². The second-order valence-electron chi connectivity index (χ2n) is 7.45. The maximum atomic E-state index is 12.5. The van der Waals surface area contributed by atoms with Gasteiger partial charge >= 0.3 is 0 Å². The summed E-state index contributed by atoms with van der Waals surface area (Å²) in [6, 6.07) is 10.6. The lowest BCUT2D eigenvalue weighted by Crippen LogP contribution is -3.08. The highest BCUT2D eigenvalue weighted by molar-refractivity contribution is 7.16. The molecule has 0 saturated heterocycles. The average Bonchev–Trinajstić information content (AvgIpc) is 2.92. The Morgan fingerprint density at radius 3 is 2.92 bits per heavy atom. The van der Waals surface area contributed by atoms with Gasteiger partial charge in [-0.25, -0.2) is 0 Å². The van der Waals surface area contributed by atoms with Crippen molar-refractivity contribution in [2.24, 2.45) is 5.92 Å². The van der Waals surface area contributed by atoms with Gasteiger partial charge in [-0.1, -0.05) is 31.2 Å². The minimum atomic E-state index is -0.0285. The number of nitrogens with one attached hydrogen (secondary N) is 2. The standard InChI is InChI=1S/C21H25N3OS/c1-14-8-9-17-18(11-22)21(26-19(17)10-14)23-20(25)13-24(3)12-16-7-5-4-6-15(16)2/h4-7,14H,8-10,12-13H2,1-3H3,(H,23,25)/p+1/t14-/m0/s1. The first-order chi connectivity index (χ1) is 12.5. The number of thiophene rings is 1. The SMILES string of the molecule is Cc1ccccc1C[NH+](C)CC(=O)Nc1sc2c(c1C#N)CC[C@H](C)C2. The third-order valence-corrected chi connectivity index (χ3v) is 6.26. The predicted octanol–water partition coefficient (Wildman–Crippen LogP) is 2.71. The van der Waals surface area contributed by atoms with Crippen LogP contribution in [0, 0.1) is 24.2 Å². The Kier molecular flexibility index (Phi) is 5.75. The first-order valence-electron chi connectivity index (χ1n) is 9.18. The van der Waals surface area contributed by atoms with Crippen LogP contribution in [0.2, 0.25) is 0 Å². The zero-order valence-electron chi connectivity index (χ0n) is 15.7. The quantitative estimate of drug-likeness (QED) is 0.853. The van der Waals surface area contributed by atoms with Crippen molar-refractivity contribution in [1.82, 2.24) is 0 Å². The fourth-order valence-corrected chi connectivity index (χ4v) is 4.98. The molecule has 1 aromatic carbocycles. The smallest absolute Gasteiger partial charge is 0.280 e. The molecule has 0 fully saturated rings. The van der Waals surface area contributed by atoms with Crippen molar-refractivity contribution >= 4 is 22.2 Å². The third-order valence-electron chi connectivity index (χ3n) is 5.09. The molecule has 0 bridgehead atoms. The fraction of sp³-hybridized carbons (Fsp3) is 0.429. The summed E-state index contributed by atoms with van der Waals surface area (Å²) < 4.78 is 0. The van der Waals surface area contributed by atoms with Gasteiger partial charge < -0.3 is 10.2 Å². The van der Waals surface area contributed by atoms with Crippen LogP contribution in [-0.4, -0.2) is 19.5 Å². The van der Waals surface area contributed by atoms with Gasteiger partial charge in [-0.2, -0.15) is 5.26 Å². The van der Waals surface area contributed by atoms with E-state index >= 15 is 0 Å². The Morgan fingerprint density at radius 1 is 1.42 bits per heavy atom. The molecule has 1 aliphatic rings.